The summed E-state index contributed by atoms with van der Waals surface area (Å²) in [5.41, 5.74) is 2.11. The molecule has 0 aromatic heterocycles. The van der Waals surface area contributed by atoms with Crippen molar-refractivity contribution in [3.8, 4) is 0 Å². The van der Waals surface area contributed by atoms with Crippen LogP contribution in [0.2, 0.25) is 0 Å². The van der Waals surface area contributed by atoms with Crippen LogP contribution in [0.1, 0.15) is 13.3 Å². The summed E-state index contributed by atoms with van der Waals surface area (Å²) in [6.07, 6.45) is -0.967. The Morgan fingerprint density at radius 2 is 1.77 bits per heavy atom. The number of halogens is 1. The number of rotatable bonds is 8. The number of esters is 2. The molecule has 0 rings (SSSR count). The van der Waals surface area contributed by atoms with Gasteiger partial charge in [0.15, 0.2) is 0 Å². The predicted molar refractivity (Wildman–Crippen MR) is 68.8 cm³/mol. The highest BCUT2D eigenvalue weighted by Crippen LogP contribution is 1.98. The minimum Gasteiger partial charge on any atom is -0.466 e. The van der Waals surface area contributed by atoms with Crippen molar-refractivity contribution in [1.82, 2.24) is 5.48 Å². The molecule has 0 saturated carbocycles. The lowest BCUT2D eigenvalue weighted by molar-refractivity contribution is -0.163. The van der Waals surface area contributed by atoms with Gasteiger partial charge in [-0.15, -0.1) is 5.48 Å². The number of hydroxylamine groups is 1. The Morgan fingerprint density at radius 3 is 2.36 bits per heavy atom. The Kier molecular flexibility index (Phi) is 10.1. The maximum absolute atomic E-state index is 11.2. The Bertz CT molecular complexity index is 437. The van der Waals surface area contributed by atoms with Gasteiger partial charge < -0.3 is 23.3 Å². The van der Waals surface area contributed by atoms with Crippen molar-refractivity contribution in [2.45, 2.75) is 19.6 Å². The van der Waals surface area contributed by atoms with Crippen molar-refractivity contribution in [3.63, 3.8) is 0 Å². The smallest absolute Gasteiger partial charge is 0.466 e. The van der Waals surface area contributed by atoms with Gasteiger partial charge in [-0.25, -0.2) is 14.4 Å². The van der Waals surface area contributed by atoms with Gasteiger partial charge in [-0.3, -0.25) is 4.79 Å². The van der Waals surface area contributed by atoms with Gasteiger partial charge in [-0.05, 0) is 0 Å². The van der Waals surface area contributed by atoms with Crippen LogP contribution in [-0.4, -0.2) is 44.0 Å². The summed E-state index contributed by atoms with van der Waals surface area (Å²) < 4.78 is 17.2. The molecular weight excluding hydrogens is 326 g/mol. The molecule has 0 bridgehead atoms. The van der Waals surface area contributed by atoms with E-state index in [2.05, 4.69) is 28.8 Å². The molecule has 0 unspecified atom stereocenters. The van der Waals surface area contributed by atoms with Gasteiger partial charge >= 0.3 is 24.1 Å². The molecule has 0 aromatic carbocycles. The van der Waals surface area contributed by atoms with Gasteiger partial charge in [0.05, 0.1) is 13.5 Å². The number of hydrogen-bond donors (Lipinski definition) is 1. The van der Waals surface area contributed by atoms with E-state index < -0.39 is 30.4 Å². The summed E-state index contributed by atoms with van der Waals surface area (Å²) in [7, 11) is 1.14. The molecule has 0 heterocycles. The molecule has 10 nitrogen and oxygen atoms in total. The zero-order valence-corrected chi connectivity index (χ0v) is 12.5. The van der Waals surface area contributed by atoms with Crippen molar-refractivity contribution in [2.75, 3.05) is 13.7 Å². The van der Waals surface area contributed by atoms with Gasteiger partial charge in [0, 0.05) is 25.6 Å². The lowest BCUT2D eigenvalue weighted by atomic mass is 10.4. The van der Waals surface area contributed by atoms with Gasteiger partial charge in [0.25, 0.3) is 0 Å². The van der Waals surface area contributed by atoms with E-state index >= 15 is 0 Å². The zero-order chi connectivity index (χ0) is 17.0. The zero-order valence-electron chi connectivity index (χ0n) is 11.7. The molecule has 0 radical (unpaired) electrons. The van der Waals surface area contributed by atoms with E-state index in [-0.39, 0.29) is 13.0 Å². The second kappa shape index (κ2) is 11.3. The fraction of sp³-hybridized carbons (Fsp3) is 0.455. The SMILES string of the molecule is COC(=O)/C=C/C(=O)O[C@H](C)OC(=O)ONCCC(=O)OCl. The third kappa shape index (κ3) is 10.5. The summed E-state index contributed by atoms with van der Waals surface area (Å²) in [4.78, 5) is 48.0. The van der Waals surface area contributed by atoms with E-state index in [1.54, 1.807) is 0 Å². The average molecular weight is 340 g/mol. The molecule has 22 heavy (non-hydrogen) atoms. The Morgan fingerprint density at radius 1 is 1.14 bits per heavy atom. The lowest BCUT2D eigenvalue weighted by Crippen LogP contribution is -2.27. The van der Waals surface area contributed by atoms with Crippen LogP contribution in [0, 0.1) is 0 Å². The van der Waals surface area contributed by atoms with Crippen LogP contribution in [0.25, 0.3) is 0 Å². The molecule has 11 heteroatoms. The van der Waals surface area contributed by atoms with E-state index in [0.717, 1.165) is 19.3 Å². The molecule has 0 aliphatic rings. The molecule has 0 saturated heterocycles. The van der Waals surface area contributed by atoms with Crippen molar-refractivity contribution in [1.29, 1.82) is 0 Å². The molecule has 0 aromatic rings. The molecule has 0 fully saturated rings. The molecule has 124 valence electrons. The highest BCUT2D eigenvalue weighted by atomic mass is 35.5. The van der Waals surface area contributed by atoms with Crippen LogP contribution < -0.4 is 5.48 Å². The second-order valence-electron chi connectivity index (χ2n) is 3.42. The quantitative estimate of drug-likeness (QED) is 0.165. The molecule has 0 aliphatic heterocycles. The first-order valence-electron chi connectivity index (χ1n) is 5.77. The fourth-order valence-corrected chi connectivity index (χ4v) is 0.969. The number of hydrogen-bond acceptors (Lipinski definition) is 10. The van der Waals surface area contributed by atoms with Crippen molar-refractivity contribution >= 4 is 35.9 Å². The predicted octanol–water partition coefficient (Wildman–Crippen LogP) is 0.350. The molecule has 0 amide bonds. The molecule has 1 atom stereocenters. The maximum Gasteiger partial charge on any atom is 0.530 e. The number of ether oxygens (including phenoxy) is 3. The standard InChI is InChI=1S/C11H14ClNO9/c1-7(19-9(15)4-3-8(14)18-2)20-11(17)22-13-6-5-10(16)21-12/h3-4,7,13H,5-6H2,1-2H3/b4-3+/t7-/m0/s1. The summed E-state index contributed by atoms with van der Waals surface area (Å²) >= 11 is 4.77. The molecular formula is C11H14ClNO9. The molecule has 0 spiro atoms. The Labute approximate surface area is 130 Å². The van der Waals surface area contributed by atoms with E-state index in [1.807, 2.05) is 0 Å². The number of nitrogens with one attached hydrogen (secondary N) is 1. The first-order valence-corrected chi connectivity index (χ1v) is 6.08. The fourth-order valence-electron chi connectivity index (χ4n) is 0.892. The summed E-state index contributed by atoms with van der Waals surface area (Å²) in [6, 6.07) is 0. The Balaban J connectivity index is 3.90. The van der Waals surface area contributed by atoms with E-state index in [1.165, 1.54) is 6.92 Å². The van der Waals surface area contributed by atoms with Crippen molar-refractivity contribution in [2.24, 2.45) is 0 Å². The topological polar surface area (TPSA) is 126 Å². The van der Waals surface area contributed by atoms with Crippen molar-refractivity contribution < 1.29 is 42.5 Å². The van der Waals surface area contributed by atoms with E-state index in [4.69, 9.17) is 11.9 Å². The van der Waals surface area contributed by atoms with Crippen LogP contribution in [0.3, 0.4) is 0 Å². The summed E-state index contributed by atoms with van der Waals surface area (Å²) in [5.74, 6) is -2.39. The highest BCUT2D eigenvalue weighted by molar-refractivity contribution is 6.13. The highest BCUT2D eigenvalue weighted by Gasteiger charge is 2.14. The van der Waals surface area contributed by atoms with Gasteiger partial charge in [0.2, 0.25) is 6.29 Å². The minimum absolute atomic E-state index is 0.0588. The van der Waals surface area contributed by atoms with Crippen LogP contribution in [0.15, 0.2) is 12.2 Å². The van der Waals surface area contributed by atoms with Crippen LogP contribution in [0.4, 0.5) is 4.79 Å². The maximum atomic E-state index is 11.2. The number of carbonyl (C=O) groups excluding carboxylic acids is 4. The van der Waals surface area contributed by atoms with Crippen LogP contribution in [-0.2, 0) is 37.7 Å². The lowest BCUT2D eigenvalue weighted by Gasteiger charge is -2.12. The largest absolute Gasteiger partial charge is 0.530 e. The van der Waals surface area contributed by atoms with E-state index in [0.29, 0.717) is 0 Å². The van der Waals surface area contributed by atoms with Crippen LogP contribution >= 0.6 is 11.9 Å². The van der Waals surface area contributed by atoms with Gasteiger partial charge in [0.1, 0.15) is 11.9 Å². The van der Waals surface area contributed by atoms with Gasteiger partial charge in [-0.1, -0.05) is 0 Å². The third-order valence-corrected chi connectivity index (χ3v) is 1.95. The second-order valence-corrected chi connectivity index (χ2v) is 3.58. The first-order chi connectivity index (χ1) is 10.4. The minimum atomic E-state index is -1.27. The Hall–Kier alpha value is -2.33. The molecule has 1 N–H and O–H groups in total. The third-order valence-electron chi connectivity index (χ3n) is 1.77. The monoisotopic (exact) mass is 339 g/mol. The number of carbonyl (C=O) groups is 4. The first kappa shape index (κ1) is 19.7. The summed E-state index contributed by atoms with van der Waals surface area (Å²) in [5, 5.41) is 0. The van der Waals surface area contributed by atoms with Crippen LogP contribution in [0.5, 0.6) is 0 Å². The average Bonchev–Trinajstić information content (AvgIpc) is 2.48. The normalized spacial score (nSPS) is 11.4. The number of methoxy groups -OCH3 is 1. The van der Waals surface area contributed by atoms with E-state index in [9.17, 15) is 19.2 Å². The molecule has 0 aliphatic carbocycles. The van der Waals surface area contributed by atoms with Crippen molar-refractivity contribution in [3.05, 3.63) is 12.2 Å². The van der Waals surface area contributed by atoms with Gasteiger partial charge in [-0.2, -0.15) is 0 Å². The summed E-state index contributed by atoms with van der Waals surface area (Å²) in [6.45, 7) is 1.19.